The van der Waals surface area contributed by atoms with E-state index in [9.17, 15) is 5.11 Å². The van der Waals surface area contributed by atoms with E-state index in [4.69, 9.17) is 10.00 Å². The summed E-state index contributed by atoms with van der Waals surface area (Å²) in [5.41, 5.74) is 2.38. The third-order valence-corrected chi connectivity index (χ3v) is 2.91. The van der Waals surface area contributed by atoms with Crippen LogP contribution in [0.15, 0.2) is 42.5 Å². The molecule has 0 amide bonds. The highest BCUT2D eigenvalue weighted by Gasteiger charge is 2.05. The fraction of sp³-hybridized carbons (Fsp3) is 0.188. The molecule has 3 heteroatoms. The molecule has 0 bridgehead atoms. The van der Waals surface area contributed by atoms with Crippen molar-refractivity contribution in [2.45, 2.75) is 20.0 Å². The number of aliphatic hydroxyl groups is 1. The van der Waals surface area contributed by atoms with Gasteiger partial charge in [0.1, 0.15) is 11.5 Å². The van der Waals surface area contributed by atoms with E-state index in [2.05, 4.69) is 6.07 Å². The maximum Gasteiger partial charge on any atom is 0.131 e. The number of benzene rings is 2. The van der Waals surface area contributed by atoms with Crippen molar-refractivity contribution in [1.82, 2.24) is 0 Å². The molecule has 0 saturated carbocycles. The molecule has 19 heavy (non-hydrogen) atoms. The summed E-state index contributed by atoms with van der Waals surface area (Å²) in [7, 11) is 0. The molecule has 0 saturated heterocycles. The predicted octanol–water partition coefficient (Wildman–Crippen LogP) is 3.71. The summed E-state index contributed by atoms with van der Waals surface area (Å²) in [4.78, 5) is 0. The molecule has 0 unspecified atom stereocenters. The largest absolute Gasteiger partial charge is 0.457 e. The molecular weight excluding hydrogens is 238 g/mol. The lowest BCUT2D eigenvalue weighted by molar-refractivity contribution is 0.199. The van der Waals surface area contributed by atoms with Crippen molar-refractivity contribution in [2.24, 2.45) is 0 Å². The van der Waals surface area contributed by atoms with Gasteiger partial charge in [-0.1, -0.05) is 18.2 Å². The van der Waals surface area contributed by atoms with Crippen LogP contribution < -0.4 is 4.74 Å². The van der Waals surface area contributed by atoms with Gasteiger partial charge in [0, 0.05) is 0 Å². The van der Waals surface area contributed by atoms with Crippen LogP contribution in [-0.4, -0.2) is 5.11 Å². The highest BCUT2D eigenvalue weighted by molar-refractivity contribution is 5.44. The van der Waals surface area contributed by atoms with Crippen LogP contribution in [0.3, 0.4) is 0 Å². The Labute approximate surface area is 112 Å². The van der Waals surface area contributed by atoms with Crippen LogP contribution in [0.2, 0.25) is 0 Å². The summed E-state index contributed by atoms with van der Waals surface area (Å²) >= 11 is 0. The van der Waals surface area contributed by atoms with Gasteiger partial charge in [0.05, 0.1) is 17.7 Å². The second-order valence-electron chi connectivity index (χ2n) is 4.44. The van der Waals surface area contributed by atoms with E-state index in [-0.39, 0.29) is 0 Å². The molecule has 1 N–H and O–H groups in total. The number of aryl methyl sites for hydroxylation is 1. The SMILES string of the molecule is Cc1ccc(C#N)cc1Oc1ccc([C@@H](C)O)cc1. The zero-order valence-corrected chi connectivity index (χ0v) is 10.9. The lowest BCUT2D eigenvalue weighted by Gasteiger charge is -2.10. The van der Waals surface area contributed by atoms with Gasteiger partial charge < -0.3 is 9.84 Å². The summed E-state index contributed by atoms with van der Waals surface area (Å²) in [6.07, 6.45) is -0.488. The minimum absolute atomic E-state index is 0.488. The Bertz CT molecular complexity index is 610. The molecule has 1 atom stereocenters. The van der Waals surface area contributed by atoms with E-state index in [1.165, 1.54) is 0 Å². The number of hydrogen-bond acceptors (Lipinski definition) is 3. The number of hydrogen-bond donors (Lipinski definition) is 1. The predicted molar refractivity (Wildman–Crippen MR) is 73.0 cm³/mol. The monoisotopic (exact) mass is 253 g/mol. The Balaban J connectivity index is 2.24. The molecule has 0 aliphatic heterocycles. The average Bonchev–Trinajstić information content (AvgIpc) is 2.42. The number of nitriles is 1. The first-order chi connectivity index (χ1) is 9.10. The molecule has 0 radical (unpaired) electrons. The Kier molecular flexibility index (Phi) is 3.84. The van der Waals surface area contributed by atoms with Crippen molar-refractivity contribution in [1.29, 1.82) is 5.26 Å². The Morgan fingerprint density at radius 1 is 1.16 bits per heavy atom. The Morgan fingerprint density at radius 2 is 1.84 bits per heavy atom. The maximum absolute atomic E-state index is 9.44. The normalized spacial score (nSPS) is 11.7. The van der Waals surface area contributed by atoms with Crippen LogP contribution in [0, 0.1) is 18.3 Å². The summed E-state index contributed by atoms with van der Waals surface area (Å²) in [5.74, 6) is 1.35. The van der Waals surface area contributed by atoms with Gasteiger partial charge in [0.2, 0.25) is 0 Å². The van der Waals surface area contributed by atoms with Crippen LogP contribution in [0.1, 0.15) is 29.7 Å². The van der Waals surface area contributed by atoms with E-state index in [1.807, 2.05) is 25.1 Å². The Hall–Kier alpha value is -2.31. The molecule has 0 aliphatic carbocycles. The number of aliphatic hydroxyl groups excluding tert-OH is 1. The van der Waals surface area contributed by atoms with Crippen LogP contribution in [0.25, 0.3) is 0 Å². The van der Waals surface area contributed by atoms with Gasteiger partial charge in [-0.3, -0.25) is 0 Å². The number of ether oxygens (including phenoxy) is 1. The fourth-order valence-electron chi connectivity index (χ4n) is 1.72. The van der Waals surface area contributed by atoms with Gasteiger partial charge in [-0.05, 0) is 49.2 Å². The quantitative estimate of drug-likeness (QED) is 0.907. The molecular formula is C16H15NO2. The molecule has 0 heterocycles. The van der Waals surface area contributed by atoms with Crippen molar-refractivity contribution in [3.63, 3.8) is 0 Å². The standard InChI is InChI=1S/C16H15NO2/c1-11-3-4-13(10-17)9-16(11)19-15-7-5-14(6-8-15)12(2)18/h3-9,12,18H,1-2H3/t12-/m1/s1. The average molecular weight is 253 g/mol. The van der Waals surface area contributed by atoms with Crippen LogP contribution in [0.5, 0.6) is 11.5 Å². The van der Waals surface area contributed by atoms with Crippen molar-refractivity contribution < 1.29 is 9.84 Å². The highest BCUT2D eigenvalue weighted by atomic mass is 16.5. The van der Waals surface area contributed by atoms with Gasteiger partial charge in [-0.25, -0.2) is 0 Å². The summed E-state index contributed by atoms with van der Waals surface area (Å²) in [6.45, 7) is 3.65. The van der Waals surface area contributed by atoms with E-state index < -0.39 is 6.10 Å². The van der Waals surface area contributed by atoms with E-state index >= 15 is 0 Å². The molecule has 3 nitrogen and oxygen atoms in total. The smallest absolute Gasteiger partial charge is 0.131 e. The van der Waals surface area contributed by atoms with Crippen LogP contribution in [-0.2, 0) is 0 Å². The maximum atomic E-state index is 9.44. The topological polar surface area (TPSA) is 53.2 Å². The number of nitrogens with zero attached hydrogens (tertiary/aromatic N) is 1. The molecule has 0 spiro atoms. The van der Waals surface area contributed by atoms with Crippen molar-refractivity contribution >= 4 is 0 Å². The van der Waals surface area contributed by atoms with Crippen molar-refractivity contribution in [2.75, 3.05) is 0 Å². The zero-order chi connectivity index (χ0) is 13.8. The summed E-state index contributed by atoms with van der Waals surface area (Å²) in [5, 5.41) is 18.3. The highest BCUT2D eigenvalue weighted by Crippen LogP contribution is 2.27. The second kappa shape index (κ2) is 5.55. The zero-order valence-electron chi connectivity index (χ0n) is 10.9. The lowest BCUT2D eigenvalue weighted by atomic mass is 10.1. The van der Waals surface area contributed by atoms with Crippen LogP contribution >= 0.6 is 0 Å². The summed E-state index contributed by atoms with van der Waals surface area (Å²) < 4.78 is 5.75. The molecule has 2 aromatic rings. The third-order valence-electron chi connectivity index (χ3n) is 2.91. The molecule has 96 valence electrons. The molecule has 2 rings (SSSR count). The molecule has 0 aliphatic rings. The second-order valence-corrected chi connectivity index (χ2v) is 4.44. The fourth-order valence-corrected chi connectivity index (χ4v) is 1.72. The van der Waals surface area contributed by atoms with Gasteiger partial charge >= 0.3 is 0 Å². The van der Waals surface area contributed by atoms with Crippen molar-refractivity contribution in [3.05, 3.63) is 59.2 Å². The number of rotatable bonds is 3. The molecule has 0 fully saturated rings. The van der Waals surface area contributed by atoms with Gasteiger partial charge in [0.25, 0.3) is 0 Å². The minimum atomic E-state index is -0.488. The minimum Gasteiger partial charge on any atom is -0.457 e. The van der Waals surface area contributed by atoms with Gasteiger partial charge in [-0.2, -0.15) is 5.26 Å². The third kappa shape index (κ3) is 3.12. The molecule has 2 aromatic carbocycles. The van der Waals surface area contributed by atoms with Crippen LogP contribution in [0.4, 0.5) is 0 Å². The summed E-state index contributed by atoms with van der Waals surface area (Å²) in [6, 6.07) is 14.7. The van der Waals surface area contributed by atoms with Crippen molar-refractivity contribution in [3.8, 4) is 17.6 Å². The van der Waals surface area contributed by atoms with E-state index in [0.717, 1.165) is 11.1 Å². The lowest BCUT2D eigenvalue weighted by Crippen LogP contribution is -1.92. The van der Waals surface area contributed by atoms with E-state index in [1.54, 1.807) is 31.2 Å². The van der Waals surface area contributed by atoms with Gasteiger partial charge in [-0.15, -0.1) is 0 Å². The first kappa shape index (κ1) is 13.1. The first-order valence-corrected chi connectivity index (χ1v) is 6.07. The van der Waals surface area contributed by atoms with E-state index in [0.29, 0.717) is 17.1 Å². The van der Waals surface area contributed by atoms with Gasteiger partial charge in [0.15, 0.2) is 0 Å². The molecule has 0 aromatic heterocycles. The Morgan fingerprint density at radius 3 is 2.42 bits per heavy atom. The first-order valence-electron chi connectivity index (χ1n) is 6.07.